The molecule has 3 aromatic carbocycles. The number of carbonyl (C=O) groups excluding carboxylic acids is 1. The third kappa shape index (κ3) is 9.22. The van der Waals surface area contributed by atoms with Crippen molar-refractivity contribution in [3.8, 4) is 0 Å². The summed E-state index contributed by atoms with van der Waals surface area (Å²) < 4.78 is 11.9. The number of hydrogen-bond acceptors (Lipinski definition) is 4. The average molecular weight is 529 g/mol. The molecular weight excluding hydrogens is 484 g/mol. The normalized spacial score (nSPS) is 15.9. The minimum Gasteiger partial charge on any atom is -0.445 e. The quantitative estimate of drug-likeness (QED) is 0.234. The summed E-state index contributed by atoms with van der Waals surface area (Å²) in [7, 11) is 0. The van der Waals surface area contributed by atoms with Gasteiger partial charge in [-0.15, -0.1) is 0 Å². The smallest absolute Gasteiger partial charge is 0.410 e. The number of benzene rings is 3. The van der Waals surface area contributed by atoms with Gasteiger partial charge in [-0.3, -0.25) is 0 Å². The van der Waals surface area contributed by atoms with Crippen molar-refractivity contribution < 1.29 is 14.3 Å². The van der Waals surface area contributed by atoms with Crippen LogP contribution in [0.1, 0.15) is 62.1 Å². The second-order valence-electron chi connectivity index (χ2n) is 10.6. The third-order valence-corrected chi connectivity index (χ3v) is 7.84. The van der Waals surface area contributed by atoms with Gasteiger partial charge in [0.2, 0.25) is 0 Å². The van der Waals surface area contributed by atoms with Gasteiger partial charge in [0.05, 0.1) is 12.7 Å². The van der Waals surface area contributed by atoms with Crippen molar-refractivity contribution in [2.75, 3.05) is 26.2 Å². The van der Waals surface area contributed by atoms with Crippen LogP contribution in [0.4, 0.5) is 4.79 Å². The Morgan fingerprint density at radius 2 is 1.44 bits per heavy atom. The Hall–Kier alpha value is -3.15. The Kier molecular flexibility index (Phi) is 11.4. The SMILES string of the molecule is CCN(C(=O)OCc1ccccc1)C1CCN(CCC(CC(C)OCc2ccccc2)c2ccccc2)CC1. The van der Waals surface area contributed by atoms with Crippen LogP contribution in [-0.2, 0) is 22.7 Å². The topological polar surface area (TPSA) is 42.0 Å². The maximum Gasteiger partial charge on any atom is 0.410 e. The predicted octanol–water partition coefficient (Wildman–Crippen LogP) is 7.28. The lowest BCUT2D eigenvalue weighted by molar-refractivity contribution is 0.0405. The summed E-state index contributed by atoms with van der Waals surface area (Å²) in [5.41, 5.74) is 3.62. The molecule has 0 aliphatic carbocycles. The fourth-order valence-electron chi connectivity index (χ4n) is 5.56. The molecule has 1 heterocycles. The summed E-state index contributed by atoms with van der Waals surface area (Å²) in [6, 6.07) is 31.4. The van der Waals surface area contributed by atoms with E-state index in [4.69, 9.17) is 9.47 Å². The molecule has 0 radical (unpaired) electrons. The number of piperidine rings is 1. The highest BCUT2D eigenvalue weighted by molar-refractivity contribution is 5.68. The maximum atomic E-state index is 12.8. The van der Waals surface area contributed by atoms with Crippen LogP contribution in [0, 0.1) is 0 Å². The molecule has 1 amide bonds. The Bertz CT molecular complexity index is 1090. The number of ether oxygens (including phenoxy) is 2. The first kappa shape index (κ1) is 28.8. The van der Waals surface area contributed by atoms with E-state index in [9.17, 15) is 4.79 Å². The highest BCUT2D eigenvalue weighted by Crippen LogP contribution is 2.28. The van der Waals surface area contributed by atoms with E-state index in [1.165, 1.54) is 11.1 Å². The number of hydrogen-bond donors (Lipinski definition) is 0. The largest absolute Gasteiger partial charge is 0.445 e. The van der Waals surface area contributed by atoms with Crippen LogP contribution in [0.3, 0.4) is 0 Å². The van der Waals surface area contributed by atoms with E-state index >= 15 is 0 Å². The van der Waals surface area contributed by atoms with Crippen LogP contribution in [0.15, 0.2) is 91.0 Å². The van der Waals surface area contributed by atoms with Crippen molar-refractivity contribution in [2.24, 2.45) is 0 Å². The minimum atomic E-state index is -0.201. The highest BCUT2D eigenvalue weighted by atomic mass is 16.6. The van der Waals surface area contributed by atoms with Crippen molar-refractivity contribution in [1.82, 2.24) is 9.80 Å². The molecule has 1 aliphatic heterocycles. The molecule has 0 bridgehead atoms. The summed E-state index contributed by atoms with van der Waals surface area (Å²) in [6.07, 6.45) is 4.06. The van der Waals surface area contributed by atoms with Gasteiger partial charge in [0.25, 0.3) is 0 Å². The summed E-state index contributed by atoms with van der Waals surface area (Å²) in [5.74, 6) is 0.454. The van der Waals surface area contributed by atoms with Crippen LogP contribution in [0.2, 0.25) is 0 Å². The van der Waals surface area contributed by atoms with Crippen molar-refractivity contribution in [3.05, 3.63) is 108 Å². The molecule has 39 heavy (non-hydrogen) atoms. The molecule has 4 rings (SSSR count). The van der Waals surface area contributed by atoms with E-state index in [1.807, 2.05) is 48.2 Å². The lowest BCUT2D eigenvalue weighted by atomic mass is 9.90. The van der Waals surface area contributed by atoms with E-state index in [0.29, 0.717) is 25.7 Å². The fourth-order valence-corrected chi connectivity index (χ4v) is 5.56. The first-order valence-corrected chi connectivity index (χ1v) is 14.5. The Labute approximate surface area is 234 Å². The van der Waals surface area contributed by atoms with Gasteiger partial charge in [0.15, 0.2) is 0 Å². The van der Waals surface area contributed by atoms with Gasteiger partial charge < -0.3 is 19.3 Å². The molecule has 0 N–H and O–H groups in total. The van der Waals surface area contributed by atoms with Crippen LogP contribution < -0.4 is 0 Å². The van der Waals surface area contributed by atoms with Gasteiger partial charge in [0, 0.05) is 25.7 Å². The van der Waals surface area contributed by atoms with Crippen molar-refractivity contribution in [3.63, 3.8) is 0 Å². The molecule has 0 aromatic heterocycles. The molecular formula is C34H44N2O3. The van der Waals surface area contributed by atoms with Gasteiger partial charge in [-0.05, 0) is 68.7 Å². The van der Waals surface area contributed by atoms with Gasteiger partial charge in [-0.25, -0.2) is 4.79 Å². The zero-order valence-electron chi connectivity index (χ0n) is 23.6. The Morgan fingerprint density at radius 1 is 0.872 bits per heavy atom. The van der Waals surface area contributed by atoms with Crippen LogP contribution in [0.25, 0.3) is 0 Å². The lowest BCUT2D eigenvalue weighted by Crippen LogP contribution is -2.47. The van der Waals surface area contributed by atoms with Crippen molar-refractivity contribution >= 4 is 6.09 Å². The molecule has 2 unspecified atom stereocenters. The molecule has 0 saturated carbocycles. The highest BCUT2D eigenvalue weighted by Gasteiger charge is 2.28. The van der Waals surface area contributed by atoms with Crippen LogP contribution in [-0.4, -0.2) is 54.2 Å². The van der Waals surface area contributed by atoms with Gasteiger partial charge >= 0.3 is 6.09 Å². The Balaban J connectivity index is 1.24. The van der Waals surface area contributed by atoms with E-state index < -0.39 is 0 Å². The first-order chi connectivity index (χ1) is 19.1. The van der Waals surface area contributed by atoms with Crippen molar-refractivity contribution in [2.45, 2.75) is 70.8 Å². The standard InChI is InChI=1S/C34H44N2O3/c1-3-36(34(37)39-27-30-15-9-5-10-16-30)33-20-23-35(24-21-33)22-19-32(31-17-11-6-12-18-31)25-28(2)38-26-29-13-7-4-8-14-29/h4-18,28,32-33H,3,19-27H2,1-2H3. The maximum absolute atomic E-state index is 12.8. The number of amides is 1. The second-order valence-corrected chi connectivity index (χ2v) is 10.6. The second kappa shape index (κ2) is 15.4. The summed E-state index contributed by atoms with van der Waals surface area (Å²) >= 11 is 0. The fraction of sp³-hybridized carbons (Fsp3) is 0.441. The lowest BCUT2D eigenvalue weighted by Gasteiger charge is -2.38. The monoisotopic (exact) mass is 528 g/mol. The van der Waals surface area contributed by atoms with E-state index in [1.54, 1.807) is 0 Å². The molecule has 2 atom stereocenters. The number of carbonyl (C=O) groups is 1. The van der Waals surface area contributed by atoms with Crippen LogP contribution >= 0.6 is 0 Å². The molecule has 1 saturated heterocycles. The summed E-state index contributed by atoms with van der Waals surface area (Å²) in [4.78, 5) is 17.3. The minimum absolute atomic E-state index is 0.182. The van der Waals surface area contributed by atoms with Gasteiger partial charge in [-0.1, -0.05) is 91.0 Å². The third-order valence-electron chi connectivity index (χ3n) is 7.84. The molecule has 208 valence electrons. The molecule has 3 aromatic rings. The number of likely N-dealkylation sites (tertiary alicyclic amines) is 1. The summed E-state index contributed by atoms with van der Waals surface area (Å²) in [6.45, 7) is 8.96. The van der Waals surface area contributed by atoms with E-state index in [0.717, 1.165) is 50.9 Å². The molecule has 5 heteroatoms. The molecule has 1 aliphatic rings. The molecule has 5 nitrogen and oxygen atoms in total. The molecule has 1 fully saturated rings. The zero-order valence-corrected chi connectivity index (χ0v) is 23.6. The Morgan fingerprint density at radius 3 is 2.03 bits per heavy atom. The average Bonchev–Trinajstić information content (AvgIpc) is 2.99. The molecule has 0 spiro atoms. The number of rotatable bonds is 13. The zero-order chi connectivity index (χ0) is 27.3. The van der Waals surface area contributed by atoms with Crippen molar-refractivity contribution in [1.29, 1.82) is 0 Å². The van der Waals surface area contributed by atoms with Gasteiger partial charge in [-0.2, -0.15) is 0 Å². The first-order valence-electron chi connectivity index (χ1n) is 14.5. The predicted molar refractivity (Wildman–Crippen MR) is 158 cm³/mol. The number of nitrogens with zero attached hydrogens (tertiary/aromatic N) is 2. The van der Waals surface area contributed by atoms with Crippen LogP contribution in [0.5, 0.6) is 0 Å². The van der Waals surface area contributed by atoms with E-state index in [-0.39, 0.29) is 18.2 Å². The van der Waals surface area contributed by atoms with E-state index in [2.05, 4.69) is 66.4 Å². The van der Waals surface area contributed by atoms with Gasteiger partial charge in [0.1, 0.15) is 6.61 Å². The summed E-state index contributed by atoms with van der Waals surface area (Å²) in [5, 5.41) is 0.